The van der Waals surface area contributed by atoms with E-state index in [1.807, 2.05) is 19.1 Å². The fourth-order valence-electron chi connectivity index (χ4n) is 2.56. The van der Waals surface area contributed by atoms with Gasteiger partial charge in [-0.25, -0.2) is 0 Å². The minimum atomic E-state index is -0.865. The number of nitrogens with two attached hydrogens (primary N) is 1. The summed E-state index contributed by atoms with van der Waals surface area (Å²) in [4.78, 5) is 23.7. The van der Waals surface area contributed by atoms with Crippen LogP contribution in [0.2, 0.25) is 0 Å². The Bertz CT molecular complexity index is 558. The molecule has 0 bridgehead atoms. The maximum Gasteiger partial charge on any atom is 0.244 e. The molecule has 6 heteroatoms. The molecule has 0 radical (unpaired) electrons. The van der Waals surface area contributed by atoms with E-state index in [2.05, 4.69) is 10.6 Å². The number of benzene rings is 1. The molecule has 1 aliphatic rings. The van der Waals surface area contributed by atoms with Gasteiger partial charge in [0.15, 0.2) is 0 Å². The number of carbonyl (C=O) groups excluding carboxylic acids is 2. The third kappa shape index (κ3) is 4.45. The number of halogens is 1. The van der Waals surface area contributed by atoms with Crippen molar-refractivity contribution in [3.05, 3.63) is 23.8 Å². The second-order valence-corrected chi connectivity index (χ2v) is 5.90. The minimum absolute atomic E-state index is 0. The van der Waals surface area contributed by atoms with Gasteiger partial charge < -0.3 is 16.4 Å². The first kappa shape index (κ1) is 18.5. The van der Waals surface area contributed by atoms with Crippen LogP contribution in [0.3, 0.4) is 0 Å². The van der Waals surface area contributed by atoms with Crippen molar-refractivity contribution in [1.82, 2.24) is 0 Å². The first-order chi connectivity index (χ1) is 9.92. The Hall–Kier alpha value is -1.59. The van der Waals surface area contributed by atoms with E-state index in [1.165, 1.54) is 0 Å². The topological polar surface area (TPSA) is 84.2 Å². The molecule has 2 amide bonds. The van der Waals surface area contributed by atoms with E-state index in [1.54, 1.807) is 13.0 Å². The first-order valence-electron chi connectivity index (χ1n) is 7.45. The number of anilines is 2. The zero-order valence-electron chi connectivity index (χ0n) is 13.1. The van der Waals surface area contributed by atoms with Gasteiger partial charge in [-0.2, -0.15) is 0 Å². The van der Waals surface area contributed by atoms with Crippen molar-refractivity contribution in [2.45, 2.75) is 51.5 Å². The lowest BCUT2D eigenvalue weighted by molar-refractivity contribution is -0.121. The van der Waals surface area contributed by atoms with Gasteiger partial charge in [0.1, 0.15) is 0 Å². The summed E-state index contributed by atoms with van der Waals surface area (Å²) in [7, 11) is 0. The van der Waals surface area contributed by atoms with E-state index in [9.17, 15) is 9.59 Å². The Morgan fingerprint density at radius 1 is 1.41 bits per heavy atom. The summed E-state index contributed by atoms with van der Waals surface area (Å²) in [5.74, 6) is -0.134. The lowest BCUT2D eigenvalue weighted by Gasteiger charge is -2.23. The molecule has 1 aliphatic heterocycles. The van der Waals surface area contributed by atoms with Crippen LogP contribution in [0, 0.1) is 0 Å². The average Bonchev–Trinajstić information content (AvgIpc) is 2.59. The van der Waals surface area contributed by atoms with Crippen molar-refractivity contribution in [3.8, 4) is 0 Å². The van der Waals surface area contributed by atoms with E-state index >= 15 is 0 Å². The molecule has 122 valence electrons. The lowest BCUT2D eigenvalue weighted by Crippen LogP contribution is -2.48. The number of carbonyl (C=O) groups is 2. The summed E-state index contributed by atoms with van der Waals surface area (Å²) in [6.45, 7) is 3.75. The average molecular weight is 326 g/mol. The summed E-state index contributed by atoms with van der Waals surface area (Å²) in [6, 6.07) is 5.55. The molecule has 1 unspecified atom stereocenters. The molecule has 0 fully saturated rings. The normalized spacial score (nSPS) is 16.4. The number of aryl methyl sites for hydroxylation is 1. The van der Waals surface area contributed by atoms with Gasteiger partial charge in [0, 0.05) is 17.8 Å². The van der Waals surface area contributed by atoms with Crippen LogP contribution in [0.15, 0.2) is 18.2 Å². The molecule has 1 atom stereocenters. The van der Waals surface area contributed by atoms with Gasteiger partial charge in [-0.15, -0.1) is 12.4 Å². The van der Waals surface area contributed by atoms with Crippen LogP contribution in [0.1, 0.15) is 45.1 Å². The van der Waals surface area contributed by atoms with Gasteiger partial charge in [-0.05, 0) is 49.9 Å². The molecule has 0 saturated heterocycles. The molecule has 22 heavy (non-hydrogen) atoms. The number of fused-ring (bicyclic) bond motifs is 1. The quantitative estimate of drug-likeness (QED) is 0.795. The molecule has 0 spiro atoms. The molecular weight excluding hydrogens is 302 g/mol. The third-order valence-corrected chi connectivity index (χ3v) is 3.78. The summed E-state index contributed by atoms with van der Waals surface area (Å²) < 4.78 is 0. The number of hydrogen-bond acceptors (Lipinski definition) is 3. The van der Waals surface area contributed by atoms with E-state index in [0.717, 1.165) is 36.2 Å². The Labute approximate surface area is 137 Å². The number of hydrogen-bond donors (Lipinski definition) is 3. The highest BCUT2D eigenvalue weighted by Gasteiger charge is 2.27. The number of rotatable bonds is 4. The number of nitrogens with one attached hydrogen (secondary N) is 2. The molecule has 4 N–H and O–H groups in total. The van der Waals surface area contributed by atoms with Crippen molar-refractivity contribution in [2.75, 3.05) is 10.6 Å². The molecule has 0 saturated carbocycles. The summed E-state index contributed by atoms with van der Waals surface area (Å²) >= 11 is 0. The highest BCUT2D eigenvalue weighted by atomic mass is 35.5. The van der Waals surface area contributed by atoms with Gasteiger partial charge in [0.2, 0.25) is 11.8 Å². The third-order valence-electron chi connectivity index (χ3n) is 3.78. The SMILES string of the molecule is CCCC(C)(N)C(=O)Nc1ccc2c(c1)CCCC(=O)N2.Cl. The van der Waals surface area contributed by atoms with E-state index < -0.39 is 5.54 Å². The minimum Gasteiger partial charge on any atom is -0.326 e. The summed E-state index contributed by atoms with van der Waals surface area (Å²) in [6.07, 6.45) is 3.68. The molecule has 5 nitrogen and oxygen atoms in total. The van der Waals surface area contributed by atoms with Crippen LogP contribution >= 0.6 is 12.4 Å². The van der Waals surface area contributed by atoms with Gasteiger partial charge >= 0.3 is 0 Å². The lowest BCUT2D eigenvalue weighted by atomic mass is 9.96. The van der Waals surface area contributed by atoms with Crippen LogP contribution in [-0.4, -0.2) is 17.4 Å². The van der Waals surface area contributed by atoms with Gasteiger partial charge in [-0.1, -0.05) is 13.3 Å². The predicted octanol–water partition coefficient (Wildman–Crippen LogP) is 2.84. The monoisotopic (exact) mass is 325 g/mol. The second-order valence-electron chi connectivity index (χ2n) is 5.90. The molecule has 1 heterocycles. The van der Waals surface area contributed by atoms with Crippen LogP contribution in [-0.2, 0) is 16.0 Å². The van der Waals surface area contributed by atoms with E-state index in [0.29, 0.717) is 12.8 Å². The van der Waals surface area contributed by atoms with Crippen molar-refractivity contribution < 1.29 is 9.59 Å². The largest absolute Gasteiger partial charge is 0.326 e. The zero-order chi connectivity index (χ0) is 15.5. The van der Waals surface area contributed by atoms with E-state index in [4.69, 9.17) is 5.73 Å². The molecule has 2 rings (SSSR count). The maximum atomic E-state index is 12.2. The van der Waals surface area contributed by atoms with Crippen molar-refractivity contribution in [1.29, 1.82) is 0 Å². The standard InChI is InChI=1S/C16H23N3O2.ClH/c1-3-9-16(2,17)15(21)18-12-7-8-13-11(10-12)5-4-6-14(20)19-13;/h7-8,10H,3-6,9,17H2,1-2H3,(H,18,21)(H,19,20);1H. The molecule has 0 aliphatic carbocycles. The fourth-order valence-corrected chi connectivity index (χ4v) is 2.56. The predicted molar refractivity (Wildman–Crippen MR) is 91.4 cm³/mol. The number of amides is 2. The Morgan fingerprint density at radius 2 is 2.14 bits per heavy atom. The highest BCUT2D eigenvalue weighted by Crippen LogP contribution is 2.26. The molecular formula is C16H24ClN3O2. The van der Waals surface area contributed by atoms with Gasteiger partial charge in [0.25, 0.3) is 0 Å². The van der Waals surface area contributed by atoms with Gasteiger partial charge in [0.05, 0.1) is 5.54 Å². The summed E-state index contributed by atoms with van der Waals surface area (Å²) in [5, 5.41) is 5.75. The Balaban J connectivity index is 0.00000242. The van der Waals surface area contributed by atoms with Gasteiger partial charge in [-0.3, -0.25) is 9.59 Å². The van der Waals surface area contributed by atoms with Crippen molar-refractivity contribution in [2.24, 2.45) is 5.73 Å². The first-order valence-corrected chi connectivity index (χ1v) is 7.45. The molecule has 0 aromatic heterocycles. The molecule has 1 aromatic carbocycles. The van der Waals surface area contributed by atoms with Crippen molar-refractivity contribution >= 4 is 35.6 Å². The Morgan fingerprint density at radius 3 is 2.82 bits per heavy atom. The smallest absolute Gasteiger partial charge is 0.244 e. The maximum absolute atomic E-state index is 12.2. The zero-order valence-corrected chi connectivity index (χ0v) is 13.9. The second kappa shape index (κ2) is 7.61. The fraction of sp³-hybridized carbons (Fsp3) is 0.500. The van der Waals surface area contributed by atoms with Crippen LogP contribution in [0.5, 0.6) is 0 Å². The van der Waals surface area contributed by atoms with Crippen molar-refractivity contribution in [3.63, 3.8) is 0 Å². The van der Waals surface area contributed by atoms with Crippen LogP contribution in [0.25, 0.3) is 0 Å². The molecule has 1 aromatic rings. The van der Waals surface area contributed by atoms with Crippen LogP contribution in [0.4, 0.5) is 11.4 Å². The Kier molecular flexibility index (Phi) is 6.38. The van der Waals surface area contributed by atoms with Crippen LogP contribution < -0.4 is 16.4 Å². The van der Waals surface area contributed by atoms with E-state index in [-0.39, 0.29) is 24.2 Å². The highest BCUT2D eigenvalue weighted by molar-refractivity contribution is 5.98. The summed E-state index contributed by atoms with van der Waals surface area (Å²) in [5.41, 5.74) is 7.77.